The summed E-state index contributed by atoms with van der Waals surface area (Å²) in [6.07, 6.45) is 1.48. The summed E-state index contributed by atoms with van der Waals surface area (Å²) in [7, 11) is -3.83. The molecule has 1 heterocycles. The molecule has 0 aliphatic heterocycles. The van der Waals surface area contributed by atoms with Gasteiger partial charge in [0.15, 0.2) is 5.69 Å². The Balaban J connectivity index is 1.88. The molecule has 0 atom stereocenters. The number of nitrogens with zero attached hydrogens (tertiary/aromatic N) is 2. The number of carbonyl (C=O) groups excluding carboxylic acids is 1. The van der Waals surface area contributed by atoms with Gasteiger partial charge in [-0.25, -0.2) is 18.2 Å². The smallest absolute Gasteiger partial charge is 0.280 e. The third-order valence-corrected chi connectivity index (χ3v) is 4.66. The van der Waals surface area contributed by atoms with Gasteiger partial charge in [0.25, 0.3) is 5.91 Å². The lowest BCUT2D eigenvalue weighted by atomic mass is 10.2. The maximum Gasteiger partial charge on any atom is 0.280 e. The summed E-state index contributed by atoms with van der Waals surface area (Å²) in [5, 5.41) is 11.7. The highest BCUT2D eigenvalue weighted by Crippen LogP contribution is 2.13. The summed E-state index contributed by atoms with van der Waals surface area (Å²) >= 11 is 0. The van der Waals surface area contributed by atoms with Crippen LogP contribution in [0.1, 0.15) is 16.1 Å². The van der Waals surface area contributed by atoms with Crippen molar-refractivity contribution in [1.82, 2.24) is 9.78 Å². The molecule has 0 aliphatic carbocycles. The zero-order valence-electron chi connectivity index (χ0n) is 14.3. The molecule has 0 saturated carbocycles. The first-order valence-electron chi connectivity index (χ1n) is 7.85. The standard InChI is InChI=1S/C18H16N4O4S/c1-12-3-2-4-14(11-12)22-10-9-16(23)17(21-22)18(24)20-13-5-7-15(8-6-13)27(19,25)26/h2-11H,1H3,(H,20,24)(H2,19,25,26). The van der Waals surface area contributed by atoms with Gasteiger partial charge in [-0.05, 0) is 48.9 Å². The normalized spacial score (nSPS) is 11.2. The lowest BCUT2D eigenvalue weighted by Gasteiger charge is -2.09. The second-order valence-corrected chi connectivity index (χ2v) is 7.40. The Labute approximate surface area is 155 Å². The summed E-state index contributed by atoms with van der Waals surface area (Å²) in [6.45, 7) is 1.92. The van der Waals surface area contributed by atoms with Crippen LogP contribution in [0.4, 0.5) is 5.69 Å². The van der Waals surface area contributed by atoms with E-state index in [4.69, 9.17) is 5.14 Å². The average molecular weight is 384 g/mol. The minimum absolute atomic E-state index is 0.0832. The van der Waals surface area contributed by atoms with Gasteiger partial charge in [0.2, 0.25) is 15.5 Å². The van der Waals surface area contributed by atoms with Crippen LogP contribution in [0, 0.1) is 6.92 Å². The molecule has 3 N–H and O–H groups in total. The Morgan fingerprint density at radius 2 is 1.81 bits per heavy atom. The van der Waals surface area contributed by atoms with Gasteiger partial charge in [-0.3, -0.25) is 9.59 Å². The average Bonchev–Trinajstić information content (AvgIpc) is 2.61. The number of primary sulfonamides is 1. The van der Waals surface area contributed by atoms with Crippen LogP contribution < -0.4 is 15.9 Å². The number of aromatic nitrogens is 2. The van der Waals surface area contributed by atoms with Gasteiger partial charge in [0.1, 0.15) is 0 Å². The highest BCUT2D eigenvalue weighted by molar-refractivity contribution is 7.89. The van der Waals surface area contributed by atoms with Crippen LogP contribution in [-0.4, -0.2) is 24.1 Å². The number of aryl methyl sites for hydroxylation is 1. The van der Waals surface area contributed by atoms with E-state index in [2.05, 4.69) is 10.4 Å². The fraction of sp³-hybridized carbons (Fsp3) is 0.0556. The number of rotatable bonds is 4. The van der Waals surface area contributed by atoms with E-state index in [0.29, 0.717) is 11.4 Å². The van der Waals surface area contributed by atoms with Gasteiger partial charge in [0.05, 0.1) is 10.6 Å². The molecule has 27 heavy (non-hydrogen) atoms. The van der Waals surface area contributed by atoms with Crippen LogP contribution in [0.3, 0.4) is 0 Å². The third-order valence-electron chi connectivity index (χ3n) is 3.73. The largest absolute Gasteiger partial charge is 0.320 e. The van der Waals surface area contributed by atoms with Crippen molar-refractivity contribution in [2.45, 2.75) is 11.8 Å². The first-order chi connectivity index (χ1) is 12.7. The highest BCUT2D eigenvalue weighted by atomic mass is 32.2. The molecule has 0 aliphatic rings. The van der Waals surface area contributed by atoms with E-state index in [-0.39, 0.29) is 10.6 Å². The molecule has 3 rings (SSSR count). The summed E-state index contributed by atoms with van der Waals surface area (Å²) in [5.74, 6) is -0.703. The SMILES string of the molecule is Cc1cccc(-n2ccc(=O)c(C(=O)Nc3ccc(S(N)(=O)=O)cc3)n2)c1. The quantitative estimate of drug-likeness (QED) is 0.704. The molecule has 8 nitrogen and oxygen atoms in total. The van der Waals surface area contributed by atoms with E-state index in [0.717, 1.165) is 5.56 Å². The van der Waals surface area contributed by atoms with Crippen molar-refractivity contribution in [3.63, 3.8) is 0 Å². The van der Waals surface area contributed by atoms with Crippen LogP contribution in [0.2, 0.25) is 0 Å². The molecule has 9 heteroatoms. The summed E-state index contributed by atoms with van der Waals surface area (Å²) in [5.41, 5.74) is 1.21. The zero-order chi connectivity index (χ0) is 19.6. The number of hydrogen-bond acceptors (Lipinski definition) is 5. The van der Waals surface area contributed by atoms with E-state index < -0.39 is 21.4 Å². The van der Waals surface area contributed by atoms with Crippen LogP contribution in [-0.2, 0) is 10.0 Å². The number of sulfonamides is 1. The molecule has 0 saturated heterocycles. The van der Waals surface area contributed by atoms with E-state index in [9.17, 15) is 18.0 Å². The zero-order valence-corrected chi connectivity index (χ0v) is 15.1. The van der Waals surface area contributed by atoms with Gasteiger partial charge in [-0.2, -0.15) is 5.10 Å². The van der Waals surface area contributed by atoms with Crippen molar-refractivity contribution in [3.8, 4) is 5.69 Å². The Morgan fingerprint density at radius 1 is 1.11 bits per heavy atom. The lowest BCUT2D eigenvalue weighted by Crippen LogP contribution is -2.25. The van der Waals surface area contributed by atoms with E-state index in [1.165, 1.54) is 41.2 Å². The predicted octanol–water partition coefficient (Wildman–Crippen LogP) is 1.44. The third kappa shape index (κ3) is 4.27. The minimum atomic E-state index is -3.83. The Morgan fingerprint density at radius 3 is 2.44 bits per heavy atom. The number of carbonyl (C=O) groups is 1. The number of anilines is 1. The fourth-order valence-electron chi connectivity index (χ4n) is 2.40. The Bertz CT molecular complexity index is 1170. The number of amides is 1. The van der Waals surface area contributed by atoms with Crippen LogP contribution >= 0.6 is 0 Å². The number of hydrogen-bond donors (Lipinski definition) is 2. The van der Waals surface area contributed by atoms with Crippen LogP contribution in [0.5, 0.6) is 0 Å². The molecule has 0 bridgehead atoms. The lowest BCUT2D eigenvalue weighted by molar-refractivity contribution is 0.101. The summed E-state index contributed by atoms with van der Waals surface area (Å²) in [6, 6.07) is 14.0. The second kappa shape index (κ2) is 7.14. The van der Waals surface area contributed by atoms with Crippen molar-refractivity contribution in [2.24, 2.45) is 5.14 Å². The van der Waals surface area contributed by atoms with Crippen molar-refractivity contribution >= 4 is 21.6 Å². The van der Waals surface area contributed by atoms with Gasteiger partial charge < -0.3 is 5.32 Å². The van der Waals surface area contributed by atoms with Crippen molar-refractivity contribution in [3.05, 3.63) is 82.3 Å². The maximum atomic E-state index is 12.4. The first-order valence-corrected chi connectivity index (χ1v) is 9.40. The summed E-state index contributed by atoms with van der Waals surface area (Å²) in [4.78, 5) is 24.4. The molecular weight excluding hydrogens is 368 g/mol. The first kappa shape index (κ1) is 18.5. The molecule has 3 aromatic rings. The molecule has 0 unspecified atom stereocenters. The molecule has 138 valence electrons. The van der Waals surface area contributed by atoms with Crippen LogP contribution in [0.15, 0.2) is 70.5 Å². The second-order valence-electron chi connectivity index (χ2n) is 5.84. The molecular formula is C18H16N4O4S. The maximum absolute atomic E-state index is 12.4. The minimum Gasteiger partial charge on any atom is -0.320 e. The number of nitrogens with two attached hydrogens (primary N) is 1. The monoisotopic (exact) mass is 384 g/mol. The van der Waals surface area contributed by atoms with E-state index >= 15 is 0 Å². The van der Waals surface area contributed by atoms with Crippen molar-refractivity contribution in [1.29, 1.82) is 0 Å². The Kier molecular flexibility index (Phi) is 4.89. The van der Waals surface area contributed by atoms with Gasteiger partial charge >= 0.3 is 0 Å². The number of nitrogens with one attached hydrogen (secondary N) is 1. The van der Waals surface area contributed by atoms with Gasteiger partial charge in [-0.15, -0.1) is 0 Å². The fourth-order valence-corrected chi connectivity index (χ4v) is 2.91. The topological polar surface area (TPSA) is 124 Å². The van der Waals surface area contributed by atoms with Gasteiger partial charge in [-0.1, -0.05) is 12.1 Å². The highest BCUT2D eigenvalue weighted by Gasteiger charge is 2.14. The molecule has 1 aromatic heterocycles. The van der Waals surface area contributed by atoms with Crippen molar-refractivity contribution in [2.75, 3.05) is 5.32 Å². The molecule has 0 radical (unpaired) electrons. The van der Waals surface area contributed by atoms with Crippen LogP contribution in [0.25, 0.3) is 5.69 Å². The predicted molar refractivity (Wildman–Crippen MR) is 100 cm³/mol. The molecule has 2 aromatic carbocycles. The molecule has 1 amide bonds. The Hall–Kier alpha value is -3.30. The summed E-state index contributed by atoms with van der Waals surface area (Å²) < 4.78 is 24.0. The van der Waals surface area contributed by atoms with E-state index in [1.54, 1.807) is 6.07 Å². The number of benzene rings is 2. The molecule has 0 spiro atoms. The van der Waals surface area contributed by atoms with E-state index in [1.807, 2.05) is 25.1 Å². The van der Waals surface area contributed by atoms with Gasteiger partial charge in [0, 0.05) is 18.0 Å². The van der Waals surface area contributed by atoms with Crippen molar-refractivity contribution < 1.29 is 13.2 Å². The molecule has 0 fully saturated rings.